The number of piperazine rings is 1. The zero-order valence-electron chi connectivity index (χ0n) is 11.0. The van der Waals surface area contributed by atoms with Crippen molar-refractivity contribution in [3.05, 3.63) is 0 Å². The monoisotopic (exact) mass is 242 g/mol. The number of rotatable bonds is 2. The number of hydrogen-bond donors (Lipinski definition) is 3. The number of imide groups is 1. The van der Waals surface area contributed by atoms with Crippen LogP contribution in [0, 0.1) is 0 Å². The summed E-state index contributed by atoms with van der Waals surface area (Å²) < 4.78 is 0. The van der Waals surface area contributed by atoms with Crippen LogP contribution >= 0.6 is 0 Å². The van der Waals surface area contributed by atoms with Gasteiger partial charge in [-0.2, -0.15) is 0 Å². The van der Waals surface area contributed by atoms with E-state index in [4.69, 9.17) is 0 Å². The van der Waals surface area contributed by atoms with Gasteiger partial charge in [0.25, 0.3) is 0 Å². The largest absolute Gasteiger partial charge is 0.341 e. The third-order valence-corrected chi connectivity index (χ3v) is 3.18. The Bertz CT molecular complexity index is 304. The molecule has 6 heteroatoms. The van der Waals surface area contributed by atoms with Crippen molar-refractivity contribution in [1.82, 2.24) is 20.9 Å². The Labute approximate surface area is 102 Å². The van der Waals surface area contributed by atoms with Gasteiger partial charge in [-0.25, -0.2) is 4.79 Å². The molecular formula is C11H22N4O2. The Morgan fingerprint density at radius 1 is 1.41 bits per heavy atom. The van der Waals surface area contributed by atoms with E-state index >= 15 is 0 Å². The minimum absolute atomic E-state index is 0.0856. The summed E-state index contributed by atoms with van der Waals surface area (Å²) in [5, 5.41) is 7.98. The SMILES string of the molecule is CNC(=O)NC(=O)C(C)N1CCNCC1(C)C. The highest BCUT2D eigenvalue weighted by molar-refractivity contribution is 5.96. The minimum Gasteiger partial charge on any atom is -0.341 e. The van der Waals surface area contributed by atoms with Crippen molar-refractivity contribution in [2.24, 2.45) is 0 Å². The van der Waals surface area contributed by atoms with Crippen LogP contribution in [0.25, 0.3) is 0 Å². The highest BCUT2D eigenvalue weighted by atomic mass is 16.2. The van der Waals surface area contributed by atoms with E-state index in [2.05, 4.69) is 34.7 Å². The molecule has 0 spiro atoms. The van der Waals surface area contributed by atoms with Crippen molar-refractivity contribution in [1.29, 1.82) is 0 Å². The number of carbonyl (C=O) groups excluding carboxylic acids is 2. The number of carbonyl (C=O) groups is 2. The van der Waals surface area contributed by atoms with Crippen molar-refractivity contribution in [2.75, 3.05) is 26.7 Å². The molecule has 0 aromatic carbocycles. The molecule has 1 aliphatic rings. The van der Waals surface area contributed by atoms with Gasteiger partial charge in [0.15, 0.2) is 0 Å². The first kappa shape index (κ1) is 13.9. The van der Waals surface area contributed by atoms with Gasteiger partial charge >= 0.3 is 6.03 Å². The normalized spacial score (nSPS) is 21.6. The molecule has 1 atom stereocenters. The summed E-state index contributed by atoms with van der Waals surface area (Å²) >= 11 is 0. The van der Waals surface area contributed by atoms with E-state index in [1.54, 1.807) is 0 Å². The summed E-state index contributed by atoms with van der Waals surface area (Å²) in [5.74, 6) is -0.265. The average Bonchev–Trinajstić information content (AvgIpc) is 2.27. The van der Waals surface area contributed by atoms with E-state index in [0.717, 1.165) is 19.6 Å². The maximum atomic E-state index is 11.9. The van der Waals surface area contributed by atoms with E-state index < -0.39 is 6.03 Å². The third-order valence-electron chi connectivity index (χ3n) is 3.18. The predicted molar refractivity (Wildman–Crippen MR) is 65.7 cm³/mol. The van der Waals surface area contributed by atoms with Crippen molar-refractivity contribution >= 4 is 11.9 Å². The van der Waals surface area contributed by atoms with Gasteiger partial charge in [-0.1, -0.05) is 0 Å². The maximum Gasteiger partial charge on any atom is 0.321 e. The zero-order valence-corrected chi connectivity index (χ0v) is 11.0. The van der Waals surface area contributed by atoms with E-state index in [0.29, 0.717) is 0 Å². The Balaban J connectivity index is 2.64. The van der Waals surface area contributed by atoms with Gasteiger partial charge in [0.2, 0.25) is 5.91 Å². The molecule has 98 valence electrons. The second kappa shape index (κ2) is 5.46. The van der Waals surface area contributed by atoms with E-state index in [9.17, 15) is 9.59 Å². The van der Waals surface area contributed by atoms with E-state index in [1.165, 1.54) is 7.05 Å². The first-order chi connectivity index (χ1) is 7.88. The minimum atomic E-state index is -0.463. The lowest BCUT2D eigenvalue weighted by atomic mass is 9.97. The molecule has 0 aliphatic carbocycles. The third kappa shape index (κ3) is 3.41. The summed E-state index contributed by atoms with van der Waals surface area (Å²) in [6, 6.07) is -0.779. The first-order valence-electron chi connectivity index (χ1n) is 5.88. The van der Waals surface area contributed by atoms with Crippen LogP contribution < -0.4 is 16.0 Å². The highest BCUT2D eigenvalue weighted by Crippen LogP contribution is 2.19. The van der Waals surface area contributed by atoms with Crippen LogP contribution in [0.4, 0.5) is 4.79 Å². The molecule has 0 radical (unpaired) electrons. The lowest BCUT2D eigenvalue weighted by Gasteiger charge is -2.45. The molecule has 1 rings (SSSR count). The second-order valence-corrected chi connectivity index (χ2v) is 4.93. The quantitative estimate of drug-likeness (QED) is 0.611. The molecule has 3 amide bonds. The number of amides is 3. The molecule has 1 saturated heterocycles. The number of hydrogen-bond acceptors (Lipinski definition) is 4. The molecule has 1 heterocycles. The smallest absolute Gasteiger partial charge is 0.321 e. The molecule has 1 unspecified atom stereocenters. The van der Waals surface area contributed by atoms with Crippen molar-refractivity contribution in [3.8, 4) is 0 Å². The Kier molecular flexibility index (Phi) is 4.47. The van der Waals surface area contributed by atoms with Crippen molar-refractivity contribution in [3.63, 3.8) is 0 Å². The summed E-state index contributed by atoms with van der Waals surface area (Å²) in [6.45, 7) is 8.50. The highest BCUT2D eigenvalue weighted by Gasteiger charge is 2.35. The van der Waals surface area contributed by atoms with Crippen LogP contribution in [0.3, 0.4) is 0 Å². The molecule has 0 aromatic heterocycles. The first-order valence-corrected chi connectivity index (χ1v) is 5.88. The fourth-order valence-corrected chi connectivity index (χ4v) is 2.14. The lowest BCUT2D eigenvalue weighted by molar-refractivity contribution is -0.127. The summed E-state index contributed by atoms with van der Waals surface area (Å²) in [5.41, 5.74) is -0.0856. The van der Waals surface area contributed by atoms with Crippen LogP contribution in [0.1, 0.15) is 20.8 Å². The van der Waals surface area contributed by atoms with Gasteiger partial charge in [-0.15, -0.1) is 0 Å². The van der Waals surface area contributed by atoms with Crippen LogP contribution in [-0.4, -0.2) is 55.1 Å². The number of nitrogens with one attached hydrogen (secondary N) is 3. The molecule has 1 aliphatic heterocycles. The Morgan fingerprint density at radius 2 is 2.06 bits per heavy atom. The molecule has 17 heavy (non-hydrogen) atoms. The van der Waals surface area contributed by atoms with Crippen LogP contribution in [0.2, 0.25) is 0 Å². The predicted octanol–water partition coefficient (Wildman–Crippen LogP) is -0.486. The molecule has 1 fully saturated rings. The molecule has 0 bridgehead atoms. The molecule has 6 nitrogen and oxygen atoms in total. The second-order valence-electron chi connectivity index (χ2n) is 4.93. The molecule has 3 N–H and O–H groups in total. The Morgan fingerprint density at radius 3 is 2.59 bits per heavy atom. The van der Waals surface area contributed by atoms with E-state index in [1.807, 2.05) is 6.92 Å². The Hall–Kier alpha value is -1.14. The van der Waals surface area contributed by atoms with Gasteiger partial charge in [-0.05, 0) is 20.8 Å². The average molecular weight is 242 g/mol. The standard InChI is InChI=1S/C11H22N4O2/c1-8(9(16)14-10(17)12-4)15-6-5-13-7-11(15,2)3/h8,13H,5-7H2,1-4H3,(H2,12,14,16,17). The van der Waals surface area contributed by atoms with Crippen LogP contribution in [-0.2, 0) is 4.79 Å². The van der Waals surface area contributed by atoms with Crippen LogP contribution in [0.5, 0.6) is 0 Å². The van der Waals surface area contributed by atoms with Gasteiger partial charge in [0.05, 0.1) is 6.04 Å². The number of nitrogens with zero attached hydrogens (tertiary/aromatic N) is 1. The molecule has 0 aromatic rings. The summed E-state index contributed by atoms with van der Waals surface area (Å²) in [7, 11) is 1.49. The molecule has 0 saturated carbocycles. The lowest BCUT2D eigenvalue weighted by Crippen LogP contribution is -2.63. The van der Waals surface area contributed by atoms with Crippen molar-refractivity contribution < 1.29 is 9.59 Å². The van der Waals surface area contributed by atoms with Gasteiger partial charge in [-0.3, -0.25) is 15.0 Å². The summed E-state index contributed by atoms with van der Waals surface area (Å²) in [4.78, 5) is 25.1. The maximum absolute atomic E-state index is 11.9. The van der Waals surface area contributed by atoms with Gasteiger partial charge in [0, 0.05) is 32.2 Å². The number of urea groups is 1. The van der Waals surface area contributed by atoms with Crippen molar-refractivity contribution in [2.45, 2.75) is 32.4 Å². The fourth-order valence-electron chi connectivity index (χ4n) is 2.14. The van der Waals surface area contributed by atoms with E-state index in [-0.39, 0.29) is 17.5 Å². The molecular weight excluding hydrogens is 220 g/mol. The summed E-state index contributed by atoms with van der Waals surface area (Å²) in [6.07, 6.45) is 0. The van der Waals surface area contributed by atoms with Gasteiger partial charge < -0.3 is 10.6 Å². The topological polar surface area (TPSA) is 73.5 Å². The van der Waals surface area contributed by atoms with Crippen LogP contribution in [0.15, 0.2) is 0 Å². The fraction of sp³-hybridized carbons (Fsp3) is 0.818. The zero-order chi connectivity index (χ0) is 13.1. The van der Waals surface area contributed by atoms with Gasteiger partial charge in [0.1, 0.15) is 0 Å².